The summed E-state index contributed by atoms with van der Waals surface area (Å²) in [6, 6.07) is 13.5. The molecular formula is C16H16ClNO. The number of halogens is 1. The molecule has 0 spiro atoms. The van der Waals surface area contributed by atoms with Gasteiger partial charge in [0, 0.05) is 17.1 Å². The minimum Gasteiger partial charge on any atom is -0.488 e. The van der Waals surface area contributed by atoms with E-state index in [2.05, 4.69) is 6.58 Å². The molecule has 0 aliphatic heterocycles. The van der Waals surface area contributed by atoms with Crippen molar-refractivity contribution in [3.8, 4) is 5.75 Å². The summed E-state index contributed by atoms with van der Waals surface area (Å²) in [6.45, 7) is 4.69. The van der Waals surface area contributed by atoms with Crippen LogP contribution >= 0.6 is 11.6 Å². The van der Waals surface area contributed by atoms with E-state index in [1.165, 1.54) is 0 Å². The molecule has 0 saturated heterocycles. The zero-order valence-electron chi connectivity index (χ0n) is 10.6. The molecular weight excluding hydrogens is 258 g/mol. The lowest BCUT2D eigenvalue weighted by molar-refractivity contribution is 0.303. The van der Waals surface area contributed by atoms with Gasteiger partial charge in [0.15, 0.2) is 0 Å². The van der Waals surface area contributed by atoms with Crippen LogP contribution in [0.1, 0.15) is 16.7 Å². The molecule has 0 unspecified atom stereocenters. The molecule has 0 amide bonds. The molecule has 0 radical (unpaired) electrons. The first-order chi connectivity index (χ1) is 9.24. The maximum atomic E-state index is 5.98. The second kappa shape index (κ2) is 6.41. The average Bonchev–Trinajstić information content (AvgIpc) is 2.45. The topological polar surface area (TPSA) is 35.2 Å². The van der Waals surface area contributed by atoms with E-state index >= 15 is 0 Å². The van der Waals surface area contributed by atoms with Crippen LogP contribution in [0.4, 0.5) is 0 Å². The van der Waals surface area contributed by atoms with Crippen LogP contribution in [0, 0.1) is 0 Å². The van der Waals surface area contributed by atoms with E-state index in [-0.39, 0.29) is 0 Å². The quantitative estimate of drug-likeness (QED) is 0.893. The Morgan fingerprint density at radius 1 is 1.16 bits per heavy atom. The second-order valence-electron chi connectivity index (χ2n) is 4.15. The third-order valence-corrected chi connectivity index (χ3v) is 3.14. The lowest BCUT2D eigenvalue weighted by atomic mass is 10.1. The van der Waals surface area contributed by atoms with Crippen molar-refractivity contribution in [2.45, 2.75) is 13.2 Å². The summed E-state index contributed by atoms with van der Waals surface area (Å²) in [7, 11) is 0. The molecule has 0 aromatic heterocycles. The Kier molecular flexibility index (Phi) is 4.61. The largest absolute Gasteiger partial charge is 0.488 e. The van der Waals surface area contributed by atoms with Gasteiger partial charge in [-0.25, -0.2) is 0 Å². The van der Waals surface area contributed by atoms with Crippen molar-refractivity contribution in [2.75, 3.05) is 0 Å². The molecule has 98 valence electrons. The van der Waals surface area contributed by atoms with Gasteiger partial charge in [-0.05, 0) is 23.3 Å². The summed E-state index contributed by atoms with van der Waals surface area (Å²) >= 11 is 5.98. The van der Waals surface area contributed by atoms with Crippen molar-refractivity contribution in [3.05, 3.63) is 70.8 Å². The number of rotatable bonds is 5. The van der Waals surface area contributed by atoms with Gasteiger partial charge in [-0.2, -0.15) is 0 Å². The van der Waals surface area contributed by atoms with E-state index in [4.69, 9.17) is 22.1 Å². The van der Waals surface area contributed by atoms with Crippen LogP contribution in [0.2, 0.25) is 5.02 Å². The van der Waals surface area contributed by atoms with Crippen LogP contribution in [0.15, 0.2) is 49.0 Å². The molecule has 0 aliphatic rings. The molecule has 3 heteroatoms. The summed E-state index contributed by atoms with van der Waals surface area (Å²) in [5.74, 6) is 0.730. The van der Waals surface area contributed by atoms with E-state index in [0.717, 1.165) is 22.4 Å². The highest BCUT2D eigenvalue weighted by Gasteiger charge is 2.05. The van der Waals surface area contributed by atoms with E-state index in [9.17, 15) is 0 Å². The van der Waals surface area contributed by atoms with Crippen molar-refractivity contribution in [2.24, 2.45) is 5.73 Å². The van der Waals surface area contributed by atoms with Gasteiger partial charge in [0.25, 0.3) is 0 Å². The van der Waals surface area contributed by atoms with Gasteiger partial charge in [-0.3, -0.25) is 0 Å². The summed E-state index contributed by atoms with van der Waals surface area (Å²) < 4.78 is 5.83. The Labute approximate surface area is 118 Å². The van der Waals surface area contributed by atoms with Gasteiger partial charge in [-0.15, -0.1) is 0 Å². The van der Waals surface area contributed by atoms with Crippen LogP contribution in [0.25, 0.3) is 6.08 Å². The highest BCUT2D eigenvalue weighted by Crippen LogP contribution is 2.24. The van der Waals surface area contributed by atoms with Crippen molar-refractivity contribution in [3.63, 3.8) is 0 Å². The first-order valence-electron chi connectivity index (χ1n) is 6.06. The Balaban J connectivity index is 2.18. The van der Waals surface area contributed by atoms with Gasteiger partial charge in [-0.1, -0.05) is 54.6 Å². The zero-order chi connectivity index (χ0) is 13.7. The van der Waals surface area contributed by atoms with Crippen LogP contribution < -0.4 is 10.5 Å². The molecule has 0 aliphatic carbocycles. The lowest BCUT2D eigenvalue weighted by Gasteiger charge is -2.12. The van der Waals surface area contributed by atoms with Gasteiger partial charge in [0.05, 0.1) is 0 Å². The standard InChI is InChI=1S/C16H16ClNO/c1-2-12-5-3-4-6-14(12)11-19-16-9-15(17)8-7-13(16)10-18/h2-9H,1,10-11,18H2. The van der Waals surface area contributed by atoms with Crippen molar-refractivity contribution in [1.82, 2.24) is 0 Å². The Morgan fingerprint density at radius 2 is 1.95 bits per heavy atom. The van der Waals surface area contributed by atoms with E-state index in [1.54, 1.807) is 6.07 Å². The fourth-order valence-electron chi connectivity index (χ4n) is 1.85. The molecule has 19 heavy (non-hydrogen) atoms. The summed E-state index contributed by atoms with van der Waals surface area (Å²) in [5.41, 5.74) is 8.78. The van der Waals surface area contributed by atoms with Crippen molar-refractivity contribution >= 4 is 17.7 Å². The summed E-state index contributed by atoms with van der Waals surface area (Å²) in [4.78, 5) is 0. The fraction of sp³-hybridized carbons (Fsp3) is 0.125. The van der Waals surface area contributed by atoms with E-state index in [0.29, 0.717) is 18.2 Å². The Hall–Kier alpha value is -1.77. The average molecular weight is 274 g/mol. The molecule has 2 aromatic rings. The third kappa shape index (κ3) is 3.37. The van der Waals surface area contributed by atoms with Crippen LogP contribution in [-0.2, 0) is 13.2 Å². The predicted octanol–water partition coefficient (Wildman–Crippen LogP) is 4.02. The maximum Gasteiger partial charge on any atom is 0.125 e. The van der Waals surface area contributed by atoms with Crippen LogP contribution in [0.5, 0.6) is 5.75 Å². The van der Waals surface area contributed by atoms with Gasteiger partial charge >= 0.3 is 0 Å². The monoisotopic (exact) mass is 273 g/mol. The number of hydrogen-bond donors (Lipinski definition) is 1. The minimum absolute atomic E-state index is 0.426. The molecule has 2 nitrogen and oxygen atoms in total. The Morgan fingerprint density at radius 3 is 2.68 bits per heavy atom. The van der Waals surface area contributed by atoms with Crippen LogP contribution in [-0.4, -0.2) is 0 Å². The molecule has 2 rings (SSSR count). The van der Waals surface area contributed by atoms with Crippen molar-refractivity contribution in [1.29, 1.82) is 0 Å². The van der Waals surface area contributed by atoms with Crippen LogP contribution in [0.3, 0.4) is 0 Å². The van der Waals surface area contributed by atoms with Gasteiger partial charge in [0.1, 0.15) is 12.4 Å². The number of ether oxygens (including phenoxy) is 1. The normalized spacial score (nSPS) is 10.2. The molecule has 0 fully saturated rings. The molecule has 0 atom stereocenters. The Bertz CT molecular complexity index is 581. The molecule has 2 aromatic carbocycles. The second-order valence-corrected chi connectivity index (χ2v) is 4.58. The zero-order valence-corrected chi connectivity index (χ0v) is 11.4. The van der Waals surface area contributed by atoms with E-state index in [1.807, 2.05) is 42.5 Å². The smallest absolute Gasteiger partial charge is 0.125 e. The predicted molar refractivity (Wildman–Crippen MR) is 80.2 cm³/mol. The maximum absolute atomic E-state index is 5.98. The SMILES string of the molecule is C=Cc1ccccc1COc1cc(Cl)ccc1CN. The molecule has 2 N–H and O–H groups in total. The minimum atomic E-state index is 0.426. The first kappa shape index (κ1) is 13.7. The lowest BCUT2D eigenvalue weighted by Crippen LogP contribution is -2.03. The number of hydrogen-bond acceptors (Lipinski definition) is 2. The molecule has 0 heterocycles. The highest BCUT2D eigenvalue weighted by atomic mass is 35.5. The highest BCUT2D eigenvalue weighted by molar-refractivity contribution is 6.30. The number of nitrogens with two attached hydrogens (primary N) is 1. The van der Waals surface area contributed by atoms with Gasteiger partial charge in [0.2, 0.25) is 0 Å². The van der Waals surface area contributed by atoms with E-state index < -0.39 is 0 Å². The van der Waals surface area contributed by atoms with Crippen molar-refractivity contribution < 1.29 is 4.74 Å². The summed E-state index contributed by atoms with van der Waals surface area (Å²) in [5, 5.41) is 0.643. The fourth-order valence-corrected chi connectivity index (χ4v) is 2.01. The third-order valence-electron chi connectivity index (χ3n) is 2.91. The first-order valence-corrected chi connectivity index (χ1v) is 6.44. The molecule has 0 saturated carbocycles. The number of benzene rings is 2. The molecule has 0 bridgehead atoms. The summed E-state index contributed by atoms with van der Waals surface area (Å²) in [6.07, 6.45) is 1.82. The van der Waals surface area contributed by atoms with Gasteiger partial charge < -0.3 is 10.5 Å².